The molecule has 1 aliphatic carbocycles. The highest BCUT2D eigenvalue weighted by atomic mass is 32.1. The van der Waals surface area contributed by atoms with Gasteiger partial charge in [-0.05, 0) is 43.4 Å². The molecule has 3 rings (SSSR count). The van der Waals surface area contributed by atoms with Crippen LogP contribution in [0.5, 0.6) is 11.5 Å². The van der Waals surface area contributed by atoms with Crippen molar-refractivity contribution in [1.82, 2.24) is 5.43 Å². The van der Waals surface area contributed by atoms with Crippen LogP contribution in [0.25, 0.3) is 0 Å². The van der Waals surface area contributed by atoms with Crippen molar-refractivity contribution in [2.45, 2.75) is 25.7 Å². The van der Waals surface area contributed by atoms with Crippen LogP contribution < -0.4 is 15.5 Å². The molecule has 0 saturated heterocycles. The van der Waals surface area contributed by atoms with E-state index in [4.69, 9.17) is 9.47 Å². The smallest absolute Gasteiger partial charge is 0.341 e. The van der Waals surface area contributed by atoms with Gasteiger partial charge in [0.15, 0.2) is 11.5 Å². The van der Waals surface area contributed by atoms with Crippen molar-refractivity contribution in [2.24, 2.45) is 5.10 Å². The molecule has 1 heterocycles. The van der Waals surface area contributed by atoms with Gasteiger partial charge in [-0.1, -0.05) is 6.07 Å². The zero-order valence-electron chi connectivity index (χ0n) is 15.6. The number of methoxy groups -OCH3 is 2. The molecule has 8 nitrogen and oxygen atoms in total. The quantitative estimate of drug-likeness (QED) is 0.403. The minimum atomic E-state index is -0.595. The van der Waals surface area contributed by atoms with Gasteiger partial charge < -0.3 is 14.6 Å². The number of carbonyl (C=O) groups is 2. The van der Waals surface area contributed by atoms with Gasteiger partial charge in [-0.3, -0.25) is 5.32 Å². The fraction of sp³-hybridized carbons (Fsp3) is 0.316. The van der Waals surface area contributed by atoms with E-state index in [0.717, 1.165) is 36.1 Å². The summed E-state index contributed by atoms with van der Waals surface area (Å²) in [4.78, 5) is 25.5. The first-order valence-electron chi connectivity index (χ1n) is 8.74. The molecule has 28 heavy (non-hydrogen) atoms. The van der Waals surface area contributed by atoms with Crippen molar-refractivity contribution in [3.63, 3.8) is 0 Å². The number of hydrazone groups is 1. The molecule has 1 aromatic carbocycles. The summed E-state index contributed by atoms with van der Waals surface area (Å²) in [5, 5.41) is 17.0. The number of hydrogen-bond acceptors (Lipinski definition) is 7. The first-order valence-corrected chi connectivity index (χ1v) is 9.55. The van der Waals surface area contributed by atoms with Crippen LogP contribution in [0.15, 0.2) is 23.3 Å². The molecule has 0 fully saturated rings. The van der Waals surface area contributed by atoms with Crippen LogP contribution in [0, 0.1) is 0 Å². The van der Waals surface area contributed by atoms with Crippen LogP contribution in [0.3, 0.4) is 0 Å². The molecule has 0 atom stereocenters. The number of amides is 2. The van der Waals surface area contributed by atoms with Crippen LogP contribution in [0.1, 0.15) is 39.2 Å². The number of esters is 1. The Bertz CT molecular complexity index is 923. The Hall–Kier alpha value is -3.07. The van der Waals surface area contributed by atoms with E-state index >= 15 is 0 Å². The van der Waals surface area contributed by atoms with Crippen LogP contribution in [-0.4, -0.2) is 37.5 Å². The number of nitrogens with one attached hydrogen (secondary N) is 2. The Morgan fingerprint density at radius 2 is 2.04 bits per heavy atom. The second-order valence-corrected chi connectivity index (χ2v) is 7.23. The summed E-state index contributed by atoms with van der Waals surface area (Å²) in [7, 11) is 2.77. The van der Waals surface area contributed by atoms with Crippen molar-refractivity contribution in [2.75, 3.05) is 19.5 Å². The summed E-state index contributed by atoms with van der Waals surface area (Å²) < 4.78 is 9.91. The molecule has 0 unspecified atom stereocenters. The maximum atomic E-state index is 12.2. The predicted octanol–water partition coefficient (Wildman–Crippen LogP) is 3.28. The van der Waals surface area contributed by atoms with Gasteiger partial charge in [0, 0.05) is 10.4 Å². The zero-order chi connectivity index (χ0) is 20.1. The van der Waals surface area contributed by atoms with Gasteiger partial charge >= 0.3 is 12.0 Å². The normalized spacial score (nSPS) is 13.1. The van der Waals surface area contributed by atoms with E-state index in [1.807, 2.05) is 0 Å². The second kappa shape index (κ2) is 8.75. The average molecular weight is 403 g/mol. The third kappa shape index (κ3) is 4.09. The monoisotopic (exact) mass is 403 g/mol. The third-order valence-electron chi connectivity index (χ3n) is 4.41. The Morgan fingerprint density at radius 1 is 1.25 bits per heavy atom. The molecule has 0 bridgehead atoms. The molecule has 0 aliphatic heterocycles. The van der Waals surface area contributed by atoms with Crippen LogP contribution in [0.4, 0.5) is 9.80 Å². The molecule has 1 aliphatic rings. The maximum Gasteiger partial charge on any atom is 0.341 e. The highest BCUT2D eigenvalue weighted by molar-refractivity contribution is 7.17. The van der Waals surface area contributed by atoms with E-state index in [-0.39, 0.29) is 5.75 Å². The summed E-state index contributed by atoms with van der Waals surface area (Å²) >= 11 is 1.39. The average Bonchev–Trinajstić information content (AvgIpc) is 3.06. The van der Waals surface area contributed by atoms with Crippen molar-refractivity contribution >= 4 is 34.6 Å². The molecule has 0 saturated carbocycles. The number of phenolic OH excluding ortho intramolecular Hbond substituents is 1. The standard InChI is InChI=1S/C19H21N3O5S/c1-26-13-8-5-6-11(16(13)23)10-20-22-19(25)21-17-15(18(24)27-2)12-7-3-4-9-14(12)28-17/h5-6,8,10,23H,3-4,7,9H2,1-2H3,(H2,21,22,25). The molecule has 9 heteroatoms. The summed E-state index contributed by atoms with van der Waals surface area (Å²) in [6.45, 7) is 0. The number of aromatic hydroxyl groups is 1. The molecule has 148 valence electrons. The minimum absolute atomic E-state index is 0.0742. The highest BCUT2D eigenvalue weighted by Gasteiger charge is 2.26. The number of hydrogen-bond donors (Lipinski definition) is 3. The molecule has 0 spiro atoms. The Balaban J connectivity index is 1.72. The number of rotatable bonds is 5. The van der Waals surface area contributed by atoms with Crippen LogP contribution in [-0.2, 0) is 17.6 Å². The van der Waals surface area contributed by atoms with Crippen LogP contribution >= 0.6 is 11.3 Å². The SMILES string of the molecule is COC(=O)c1c(NC(=O)NN=Cc2cccc(OC)c2O)sc2c1CCCC2. The van der Waals surface area contributed by atoms with E-state index in [9.17, 15) is 14.7 Å². The number of thiophene rings is 1. The third-order valence-corrected chi connectivity index (χ3v) is 5.61. The Labute approximate surface area is 166 Å². The number of nitrogens with zero attached hydrogens (tertiary/aromatic N) is 1. The first-order chi connectivity index (χ1) is 13.5. The highest BCUT2D eigenvalue weighted by Crippen LogP contribution is 2.38. The molecular weight excluding hydrogens is 382 g/mol. The zero-order valence-corrected chi connectivity index (χ0v) is 16.4. The van der Waals surface area contributed by atoms with Gasteiger partial charge in [0.2, 0.25) is 0 Å². The minimum Gasteiger partial charge on any atom is -0.504 e. The topological polar surface area (TPSA) is 109 Å². The van der Waals surface area contributed by atoms with Crippen LogP contribution in [0.2, 0.25) is 0 Å². The number of benzene rings is 1. The van der Waals surface area contributed by atoms with E-state index in [1.165, 1.54) is 31.8 Å². The van der Waals surface area contributed by atoms with Crippen molar-refractivity contribution < 1.29 is 24.2 Å². The number of para-hydroxylation sites is 1. The summed E-state index contributed by atoms with van der Waals surface area (Å²) in [5.41, 5.74) is 4.11. The van der Waals surface area contributed by atoms with Crippen molar-refractivity contribution in [3.8, 4) is 11.5 Å². The number of urea groups is 1. The molecule has 0 radical (unpaired) electrons. The van der Waals surface area contributed by atoms with E-state index in [2.05, 4.69) is 15.8 Å². The first kappa shape index (κ1) is 19.7. The number of fused-ring (bicyclic) bond motifs is 1. The lowest BCUT2D eigenvalue weighted by atomic mass is 9.95. The van der Waals surface area contributed by atoms with Gasteiger partial charge in [-0.2, -0.15) is 5.10 Å². The van der Waals surface area contributed by atoms with Gasteiger partial charge in [0.1, 0.15) is 5.00 Å². The van der Waals surface area contributed by atoms with Gasteiger partial charge in [-0.25, -0.2) is 15.0 Å². The lowest BCUT2D eigenvalue weighted by Crippen LogP contribution is -2.24. The Kier molecular flexibility index (Phi) is 6.15. The number of aryl methyl sites for hydroxylation is 1. The number of ether oxygens (including phenoxy) is 2. The van der Waals surface area contributed by atoms with Gasteiger partial charge in [0.25, 0.3) is 0 Å². The molecule has 3 N–H and O–H groups in total. The van der Waals surface area contributed by atoms with E-state index in [0.29, 0.717) is 21.9 Å². The summed E-state index contributed by atoms with van der Waals surface area (Å²) in [6.07, 6.45) is 5.06. The van der Waals surface area contributed by atoms with Gasteiger partial charge in [-0.15, -0.1) is 11.3 Å². The lowest BCUT2D eigenvalue weighted by molar-refractivity contribution is 0.0601. The number of anilines is 1. The van der Waals surface area contributed by atoms with E-state index < -0.39 is 12.0 Å². The molecular formula is C19H21N3O5S. The molecule has 2 amide bonds. The van der Waals surface area contributed by atoms with Crippen molar-refractivity contribution in [1.29, 1.82) is 0 Å². The number of carbonyl (C=O) groups excluding carboxylic acids is 2. The predicted molar refractivity (Wildman–Crippen MR) is 107 cm³/mol. The number of phenols is 1. The lowest BCUT2D eigenvalue weighted by Gasteiger charge is -2.11. The molecule has 2 aromatic rings. The maximum absolute atomic E-state index is 12.2. The largest absolute Gasteiger partial charge is 0.504 e. The van der Waals surface area contributed by atoms with Gasteiger partial charge in [0.05, 0.1) is 26.0 Å². The molecule has 1 aromatic heterocycles. The fourth-order valence-corrected chi connectivity index (χ4v) is 4.34. The summed E-state index contributed by atoms with van der Waals surface area (Å²) in [6, 6.07) is 4.34. The second-order valence-electron chi connectivity index (χ2n) is 6.13. The van der Waals surface area contributed by atoms with Crippen molar-refractivity contribution in [3.05, 3.63) is 39.8 Å². The van der Waals surface area contributed by atoms with E-state index in [1.54, 1.807) is 18.2 Å². The Morgan fingerprint density at radius 3 is 2.79 bits per heavy atom. The summed E-state index contributed by atoms with van der Waals surface area (Å²) in [5.74, 6) is -0.227. The fourth-order valence-electron chi connectivity index (χ4n) is 3.07.